The van der Waals surface area contributed by atoms with E-state index in [1.807, 2.05) is 0 Å². The number of hydrogen-bond donors (Lipinski definition) is 3. The van der Waals surface area contributed by atoms with Crippen molar-refractivity contribution in [1.29, 1.82) is 0 Å². The number of rotatable bonds is 51. The Kier molecular flexibility index (Phi) is 49.5. The lowest BCUT2D eigenvalue weighted by Crippen LogP contribution is -2.61. The number of aliphatic hydroxyl groups excluding tert-OH is 2. The largest absolute Gasteiger partial charge is 0.479 e. The van der Waals surface area contributed by atoms with Gasteiger partial charge in [0.15, 0.2) is 24.6 Å². The molecule has 0 bridgehead atoms. The SMILES string of the molecule is CC/C=C\C/C=C\C/C=C\C/C=C\CCCCCCC(=O)OC(COC(=O)CCCCCCCCCCC/C=C\C/C=C\CCCCC)COC1OC(C(=O)O)C(O)C(O)C1OC(=O)CCCCC/C=C\C/C=C\C/C=C\CC. The summed E-state index contributed by atoms with van der Waals surface area (Å²) < 4.78 is 28.4. The predicted octanol–water partition coefficient (Wildman–Crippen LogP) is 16.2. The molecule has 0 aromatic heterocycles. The van der Waals surface area contributed by atoms with E-state index in [4.69, 9.17) is 23.7 Å². The zero-order valence-electron chi connectivity index (χ0n) is 49.3. The van der Waals surface area contributed by atoms with Crippen molar-refractivity contribution >= 4 is 23.9 Å². The van der Waals surface area contributed by atoms with Crippen LogP contribution in [0.25, 0.3) is 0 Å². The van der Waals surface area contributed by atoms with Crippen molar-refractivity contribution in [2.45, 2.75) is 276 Å². The lowest BCUT2D eigenvalue weighted by molar-refractivity contribution is -0.301. The second-order valence-electron chi connectivity index (χ2n) is 20.6. The predicted molar refractivity (Wildman–Crippen MR) is 321 cm³/mol. The van der Waals surface area contributed by atoms with E-state index in [-0.39, 0.29) is 25.9 Å². The minimum atomic E-state index is -1.92. The van der Waals surface area contributed by atoms with E-state index in [9.17, 15) is 34.5 Å². The third-order valence-electron chi connectivity index (χ3n) is 13.3. The molecule has 1 aliphatic rings. The zero-order chi connectivity index (χ0) is 57.5. The van der Waals surface area contributed by atoms with Gasteiger partial charge in [-0.2, -0.15) is 0 Å². The molecule has 1 saturated heterocycles. The lowest BCUT2D eigenvalue weighted by atomic mass is 9.98. The van der Waals surface area contributed by atoms with Crippen LogP contribution in [0.15, 0.2) is 109 Å². The number of ether oxygens (including phenoxy) is 5. The Morgan fingerprint density at radius 3 is 1.23 bits per heavy atom. The standard InChI is InChI=1S/C67H108O12/c1-4-7-10-13-16-19-22-25-27-29-30-32-33-36-38-41-44-47-50-53-59(68)75-56-58(77-60(69)54-51-48-45-42-40-37-34-31-28-26-23-20-17-14-11-8-5-2)57-76-67-65(63(72)62(71)64(79-67)66(73)74)78-61(70)55-52-49-46-43-39-35-24-21-18-15-12-9-6-3/h8-9,11-12,16-21,25-28,34-35,37,39,58,62-65,67,71-72H,4-7,10,13-15,22-24,29-33,36,38,40-57H2,1-3H3,(H,73,74)/b11-8-,12-9-,19-16-,20-17-,21-18-,27-25-,28-26-,37-34-,39-35-. The van der Waals surface area contributed by atoms with E-state index in [1.54, 1.807) is 0 Å². The Morgan fingerprint density at radius 2 is 0.797 bits per heavy atom. The third-order valence-corrected chi connectivity index (χ3v) is 13.3. The maximum absolute atomic E-state index is 13.2. The van der Waals surface area contributed by atoms with Gasteiger partial charge < -0.3 is 39.0 Å². The van der Waals surface area contributed by atoms with Gasteiger partial charge in [-0.15, -0.1) is 0 Å². The van der Waals surface area contributed by atoms with Gasteiger partial charge in [-0.25, -0.2) is 4.79 Å². The van der Waals surface area contributed by atoms with Crippen LogP contribution in [0.3, 0.4) is 0 Å². The summed E-state index contributed by atoms with van der Waals surface area (Å²) in [5.74, 6) is -3.20. The molecule has 79 heavy (non-hydrogen) atoms. The molecular weight excluding hydrogens is 997 g/mol. The molecule has 12 nitrogen and oxygen atoms in total. The molecule has 1 aliphatic heterocycles. The summed E-state index contributed by atoms with van der Waals surface area (Å²) in [7, 11) is 0. The summed E-state index contributed by atoms with van der Waals surface area (Å²) in [6, 6.07) is 0. The summed E-state index contributed by atoms with van der Waals surface area (Å²) in [5.41, 5.74) is 0. The molecule has 0 saturated carbocycles. The number of carbonyl (C=O) groups is 4. The van der Waals surface area contributed by atoms with Crippen molar-refractivity contribution in [1.82, 2.24) is 0 Å². The Hall–Kier alpha value is -4.62. The highest BCUT2D eigenvalue weighted by Gasteiger charge is 2.50. The molecular formula is C67H108O12. The quantitative estimate of drug-likeness (QED) is 0.0228. The maximum atomic E-state index is 13.2. The molecule has 0 amide bonds. The summed E-state index contributed by atoms with van der Waals surface area (Å²) in [5, 5.41) is 31.5. The minimum absolute atomic E-state index is 0.0169. The van der Waals surface area contributed by atoms with E-state index in [1.165, 1.54) is 57.8 Å². The number of aliphatic hydroxyl groups is 2. The number of carboxylic acids is 1. The highest BCUT2D eigenvalue weighted by molar-refractivity contribution is 5.74. The minimum Gasteiger partial charge on any atom is -0.479 e. The summed E-state index contributed by atoms with van der Waals surface area (Å²) >= 11 is 0. The summed E-state index contributed by atoms with van der Waals surface area (Å²) in [6.07, 6.45) is 60.5. The van der Waals surface area contributed by atoms with Gasteiger partial charge in [-0.3, -0.25) is 14.4 Å². The number of allylic oxidation sites excluding steroid dienone is 18. The summed E-state index contributed by atoms with van der Waals surface area (Å²) in [6.45, 7) is 5.70. The molecule has 0 radical (unpaired) electrons. The van der Waals surface area contributed by atoms with Crippen LogP contribution in [0.2, 0.25) is 0 Å². The average molecular weight is 1110 g/mol. The Balaban J connectivity index is 2.71. The Morgan fingerprint density at radius 1 is 0.430 bits per heavy atom. The van der Waals surface area contributed by atoms with Crippen molar-refractivity contribution in [3.05, 3.63) is 109 Å². The van der Waals surface area contributed by atoms with Crippen LogP contribution in [0.5, 0.6) is 0 Å². The first kappa shape index (κ1) is 72.4. The van der Waals surface area contributed by atoms with Crippen molar-refractivity contribution in [3.63, 3.8) is 0 Å². The van der Waals surface area contributed by atoms with Gasteiger partial charge in [0.25, 0.3) is 0 Å². The Bertz CT molecular complexity index is 1790. The first-order valence-corrected chi connectivity index (χ1v) is 30.9. The van der Waals surface area contributed by atoms with Crippen molar-refractivity contribution in [2.24, 2.45) is 0 Å². The van der Waals surface area contributed by atoms with Crippen LogP contribution in [-0.4, -0.2) is 89.2 Å². The van der Waals surface area contributed by atoms with E-state index < -0.39 is 67.3 Å². The summed E-state index contributed by atoms with van der Waals surface area (Å²) in [4.78, 5) is 51.2. The number of esters is 3. The van der Waals surface area contributed by atoms with E-state index >= 15 is 0 Å². The van der Waals surface area contributed by atoms with E-state index in [0.717, 1.165) is 122 Å². The second-order valence-corrected chi connectivity index (χ2v) is 20.6. The first-order valence-electron chi connectivity index (χ1n) is 30.9. The lowest BCUT2D eigenvalue weighted by Gasteiger charge is -2.40. The van der Waals surface area contributed by atoms with Crippen LogP contribution in [0, 0.1) is 0 Å². The van der Waals surface area contributed by atoms with Crippen LogP contribution in [0.4, 0.5) is 0 Å². The molecule has 0 aliphatic carbocycles. The molecule has 1 heterocycles. The van der Waals surface area contributed by atoms with Crippen molar-refractivity contribution in [3.8, 4) is 0 Å². The number of aliphatic carboxylic acids is 1. The highest BCUT2D eigenvalue weighted by atomic mass is 16.7. The molecule has 0 aromatic rings. The monoisotopic (exact) mass is 1100 g/mol. The van der Waals surface area contributed by atoms with Crippen LogP contribution >= 0.6 is 0 Å². The molecule has 6 unspecified atom stereocenters. The molecule has 0 aromatic carbocycles. The topological polar surface area (TPSA) is 175 Å². The fourth-order valence-electron chi connectivity index (χ4n) is 8.64. The van der Waals surface area contributed by atoms with Crippen LogP contribution in [0.1, 0.15) is 239 Å². The fourth-order valence-corrected chi connectivity index (χ4v) is 8.64. The first-order chi connectivity index (χ1) is 38.6. The van der Waals surface area contributed by atoms with Gasteiger partial charge >= 0.3 is 23.9 Å². The van der Waals surface area contributed by atoms with Gasteiger partial charge in [-0.05, 0) is 122 Å². The number of carbonyl (C=O) groups excluding carboxylic acids is 3. The maximum Gasteiger partial charge on any atom is 0.335 e. The van der Waals surface area contributed by atoms with Crippen LogP contribution in [-0.2, 0) is 42.9 Å². The average Bonchev–Trinajstić information content (AvgIpc) is 3.46. The van der Waals surface area contributed by atoms with Gasteiger partial charge in [0.1, 0.15) is 18.8 Å². The normalized spacial score (nSPS) is 18.6. The van der Waals surface area contributed by atoms with Crippen LogP contribution < -0.4 is 0 Å². The fraction of sp³-hybridized carbons (Fsp3) is 0.672. The number of hydrogen-bond acceptors (Lipinski definition) is 11. The second kappa shape index (κ2) is 54.0. The molecule has 3 N–H and O–H groups in total. The molecule has 448 valence electrons. The van der Waals surface area contributed by atoms with Crippen molar-refractivity contribution < 1.29 is 58.2 Å². The van der Waals surface area contributed by atoms with Gasteiger partial charge in [0.05, 0.1) is 6.61 Å². The number of unbranched alkanes of at least 4 members (excludes halogenated alkanes) is 19. The molecule has 1 rings (SSSR count). The third kappa shape index (κ3) is 43.8. The molecule has 12 heteroatoms. The smallest absolute Gasteiger partial charge is 0.335 e. The molecule has 6 atom stereocenters. The Labute approximate surface area is 478 Å². The van der Waals surface area contributed by atoms with Gasteiger partial charge in [0.2, 0.25) is 0 Å². The van der Waals surface area contributed by atoms with E-state index in [2.05, 4.69) is 130 Å². The molecule has 0 spiro atoms. The van der Waals surface area contributed by atoms with Gasteiger partial charge in [-0.1, -0.05) is 207 Å². The number of carboxylic acid groups (broad SMARTS) is 1. The zero-order valence-corrected chi connectivity index (χ0v) is 49.3. The van der Waals surface area contributed by atoms with Crippen molar-refractivity contribution in [2.75, 3.05) is 13.2 Å². The van der Waals surface area contributed by atoms with Gasteiger partial charge in [0, 0.05) is 19.3 Å². The highest BCUT2D eigenvalue weighted by Crippen LogP contribution is 2.26. The van der Waals surface area contributed by atoms with E-state index in [0.29, 0.717) is 19.3 Å². The molecule has 1 fully saturated rings.